The molecule has 0 N–H and O–H groups in total. The smallest absolute Gasteiger partial charge is 0.337 e. The van der Waals surface area contributed by atoms with Crippen molar-refractivity contribution in [3.63, 3.8) is 0 Å². The number of carbonyl (C=O) groups is 1. The largest absolute Gasteiger partial charge is 0.425 e. The van der Waals surface area contributed by atoms with Gasteiger partial charge in [-0.2, -0.15) is 0 Å². The van der Waals surface area contributed by atoms with Gasteiger partial charge in [-0.05, 0) is 30.2 Å². The quantitative estimate of drug-likeness (QED) is 0.622. The third-order valence-electron chi connectivity index (χ3n) is 2.73. The number of carbonyl (C=O) groups excluding carboxylic acids is 1. The van der Waals surface area contributed by atoms with Crippen LogP contribution in [0.4, 0.5) is 0 Å². The first kappa shape index (κ1) is 13.3. The number of aryl methyl sites for hydroxylation is 1. The molecule has 0 unspecified atom stereocenters. The van der Waals surface area contributed by atoms with Crippen LogP contribution in [0.2, 0.25) is 0 Å². The highest BCUT2D eigenvalue weighted by Gasteiger charge is 2.04. The van der Waals surface area contributed by atoms with Gasteiger partial charge in [-0.3, -0.25) is 0 Å². The number of rotatable bonds is 4. The normalized spacial score (nSPS) is 10.2. The molecule has 0 saturated heterocycles. The van der Waals surface area contributed by atoms with E-state index in [0.717, 1.165) is 11.1 Å². The van der Waals surface area contributed by atoms with Gasteiger partial charge in [0.15, 0.2) is 0 Å². The monoisotopic (exact) mass is 256 g/mol. The number of benzene rings is 2. The Hall–Kier alpha value is -2.13. The van der Waals surface area contributed by atoms with Crippen molar-refractivity contribution in [2.24, 2.45) is 0 Å². The summed E-state index contributed by atoms with van der Waals surface area (Å²) in [5, 5.41) is 0. The van der Waals surface area contributed by atoms with Gasteiger partial charge in [0, 0.05) is 7.11 Å². The molecule has 0 aliphatic rings. The lowest BCUT2D eigenvalue weighted by Gasteiger charge is -2.06. The van der Waals surface area contributed by atoms with E-state index in [9.17, 15) is 4.79 Å². The molecule has 98 valence electrons. The molecule has 2 rings (SSSR count). The molecular formula is C16H16O3. The van der Waals surface area contributed by atoms with Gasteiger partial charge in [0.1, 0.15) is 12.4 Å². The van der Waals surface area contributed by atoms with Crippen LogP contribution in [-0.4, -0.2) is 19.7 Å². The Labute approximate surface area is 112 Å². The molecule has 3 heteroatoms. The Morgan fingerprint density at radius 1 is 0.947 bits per heavy atom. The molecule has 0 radical (unpaired) electrons. The van der Waals surface area contributed by atoms with Crippen LogP contribution >= 0.6 is 0 Å². The minimum atomic E-state index is -0.398. The number of methoxy groups -OCH3 is 1. The van der Waals surface area contributed by atoms with E-state index in [1.165, 1.54) is 12.7 Å². The van der Waals surface area contributed by atoms with Gasteiger partial charge in [-0.1, -0.05) is 42.0 Å². The maximum atomic E-state index is 11.3. The summed E-state index contributed by atoms with van der Waals surface area (Å²) in [7, 11) is 1.46. The molecular weight excluding hydrogens is 240 g/mol. The molecule has 0 fully saturated rings. The zero-order chi connectivity index (χ0) is 13.7. The molecule has 19 heavy (non-hydrogen) atoms. The van der Waals surface area contributed by atoms with Crippen molar-refractivity contribution in [3.8, 4) is 16.9 Å². The van der Waals surface area contributed by atoms with Gasteiger partial charge in [0.25, 0.3) is 0 Å². The topological polar surface area (TPSA) is 35.5 Å². The molecule has 0 saturated carbocycles. The summed E-state index contributed by atoms with van der Waals surface area (Å²) in [4.78, 5) is 11.3. The molecule has 0 aliphatic heterocycles. The van der Waals surface area contributed by atoms with Gasteiger partial charge in [-0.15, -0.1) is 0 Å². The van der Waals surface area contributed by atoms with Gasteiger partial charge >= 0.3 is 5.97 Å². The molecule has 0 aromatic heterocycles. The zero-order valence-corrected chi connectivity index (χ0v) is 11.1. The molecule has 0 atom stereocenters. The highest BCUT2D eigenvalue weighted by molar-refractivity contribution is 5.74. The standard InChI is InChI=1S/C16H16O3/c1-12-3-5-13(6-4-12)14-7-9-15(10-8-14)19-16(17)11-18-2/h3-10H,11H2,1-2H3. The second kappa shape index (κ2) is 6.16. The van der Waals surface area contributed by atoms with Crippen LogP contribution in [0.1, 0.15) is 5.56 Å². The summed E-state index contributed by atoms with van der Waals surface area (Å²) in [5.74, 6) is 0.128. The Kier molecular flexibility index (Phi) is 4.31. The van der Waals surface area contributed by atoms with Crippen LogP contribution < -0.4 is 4.74 Å². The Bertz CT molecular complexity index is 541. The number of esters is 1. The number of hydrogen-bond acceptors (Lipinski definition) is 3. The Balaban J connectivity index is 2.10. The Morgan fingerprint density at radius 2 is 1.47 bits per heavy atom. The van der Waals surface area contributed by atoms with Gasteiger partial charge in [0.2, 0.25) is 0 Å². The maximum absolute atomic E-state index is 11.3. The average molecular weight is 256 g/mol. The molecule has 0 heterocycles. The molecule has 0 bridgehead atoms. The fraction of sp³-hybridized carbons (Fsp3) is 0.188. The lowest BCUT2D eigenvalue weighted by atomic mass is 10.0. The van der Waals surface area contributed by atoms with Crippen molar-refractivity contribution in [2.45, 2.75) is 6.92 Å². The van der Waals surface area contributed by atoms with Crippen molar-refractivity contribution in [2.75, 3.05) is 13.7 Å². The van der Waals surface area contributed by atoms with Gasteiger partial charge in [-0.25, -0.2) is 4.79 Å². The molecule has 0 spiro atoms. The third-order valence-corrected chi connectivity index (χ3v) is 2.73. The number of ether oxygens (including phenoxy) is 2. The molecule has 2 aromatic carbocycles. The summed E-state index contributed by atoms with van der Waals surface area (Å²) >= 11 is 0. The van der Waals surface area contributed by atoms with E-state index in [2.05, 4.69) is 31.2 Å². The third kappa shape index (κ3) is 3.66. The summed E-state index contributed by atoms with van der Waals surface area (Å²) < 4.78 is 9.81. The molecule has 3 nitrogen and oxygen atoms in total. The molecule has 0 aliphatic carbocycles. The lowest BCUT2D eigenvalue weighted by Crippen LogP contribution is -2.13. The highest BCUT2D eigenvalue weighted by Crippen LogP contribution is 2.22. The van der Waals surface area contributed by atoms with Crippen LogP contribution in [0.25, 0.3) is 11.1 Å². The molecule has 2 aromatic rings. The second-order valence-electron chi connectivity index (χ2n) is 4.30. The second-order valence-corrected chi connectivity index (χ2v) is 4.30. The average Bonchev–Trinajstić information content (AvgIpc) is 2.41. The summed E-state index contributed by atoms with van der Waals surface area (Å²) in [6.07, 6.45) is 0. The first-order chi connectivity index (χ1) is 9.19. The van der Waals surface area contributed by atoms with Crippen molar-refractivity contribution in [1.29, 1.82) is 0 Å². The fourth-order valence-electron chi connectivity index (χ4n) is 1.74. The van der Waals surface area contributed by atoms with Crippen LogP contribution in [-0.2, 0) is 9.53 Å². The van der Waals surface area contributed by atoms with Crippen molar-refractivity contribution >= 4 is 5.97 Å². The van der Waals surface area contributed by atoms with E-state index in [1.807, 2.05) is 12.1 Å². The van der Waals surface area contributed by atoms with Crippen LogP contribution in [0.3, 0.4) is 0 Å². The zero-order valence-electron chi connectivity index (χ0n) is 11.1. The number of hydrogen-bond donors (Lipinski definition) is 0. The van der Waals surface area contributed by atoms with Crippen molar-refractivity contribution in [1.82, 2.24) is 0 Å². The van der Waals surface area contributed by atoms with Crippen molar-refractivity contribution in [3.05, 3.63) is 54.1 Å². The minimum Gasteiger partial charge on any atom is -0.425 e. The fourth-order valence-corrected chi connectivity index (χ4v) is 1.74. The SMILES string of the molecule is COCC(=O)Oc1ccc(-c2ccc(C)cc2)cc1. The first-order valence-electron chi connectivity index (χ1n) is 6.06. The predicted octanol–water partition coefficient (Wildman–Crippen LogP) is 3.21. The van der Waals surface area contributed by atoms with Gasteiger partial charge in [0.05, 0.1) is 0 Å². The van der Waals surface area contributed by atoms with Gasteiger partial charge < -0.3 is 9.47 Å². The highest BCUT2D eigenvalue weighted by atomic mass is 16.6. The van der Waals surface area contributed by atoms with E-state index in [4.69, 9.17) is 9.47 Å². The van der Waals surface area contributed by atoms with Crippen LogP contribution in [0.5, 0.6) is 5.75 Å². The predicted molar refractivity (Wildman–Crippen MR) is 74.1 cm³/mol. The summed E-state index contributed by atoms with van der Waals surface area (Å²) in [6.45, 7) is 2.02. The molecule has 0 amide bonds. The van der Waals surface area contributed by atoms with Crippen LogP contribution in [0.15, 0.2) is 48.5 Å². The summed E-state index contributed by atoms with van der Waals surface area (Å²) in [5.41, 5.74) is 3.46. The van der Waals surface area contributed by atoms with Crippen LogP contribution in [0, 0.1) is 6.92 Å². The van der Waals surface area contributed by atoms with E-state index < -0.39 is 5.97 Å². The maximum Gasteiger partial charge on any atom is 0.337 e. The summed E-state index contributed by atoms with van der Waals surface area (Å²) in [6, 6.07) is 15.7. The lowest BCUT2D eigenvalue weighted by molar-refractivity contribution is -0.138. The van der Waals surface area contributed by atoms with E-state index in [0.29, 0.717) is 5.75 Å². The van der Waals surface area contributed by atoms with Crippen molar-refractivity contribution < 1.29 is 14.3 Å². The minimum absolute atomic E-state index is 0.0420. The first-order valence-corrected chi connectivity index (χ1v) is 6.06. The van der Waals surface area contributed by atoms with E-state index in [-0.39, 0.29) is 6.61 Å². The Morgan fingerprint density at radius 3 is 2.00 bits per heavy atom. The van der Waals surface area contributed by atoms with E-state index >= 15 is 0 Å². The van der Waals surface area contributed by atoms with E-state index in [1.54, 1.807) is 12.1 Å².